The molecule has 1 aliphatic heterocycles. The number of carbonyl (C=O) groups excluding carboxylic acids is 1. The summed E-state index contributed by atoms with van der Waals surface area (Å²) in [4.78, 5) is 19.5. The van der Waals surface area contributed by atoms with Gasteiger partial charge in [0.25, 0.3) is 5.91 Å². The third kappa shape index (κ3) is 4.67. The summed E-state index contributed by atoms with van der Waals surface area (Å²) < 4.78 is 0. The maximum atomic E-state index is 12.5. The quantitative estimate of drug-likeness (QED) is 0.881. The number of amides is 1. The lowest BCUT2D eigenvalue weighted by Gasteiger charge is -2.35. The van der Waals surface area contributed by atoms with Crippen LogP contribution < -0.4 is 5.32 Å². The Labute approximate surface area is 154 Å². The molecule has 0 radical (unpaired) electrons. The molecular weight excluding hydrogens is 330 g/mol. The summed E-state index contributed by atoms with van der Waals surface area (Å²) >= 11 is 1.61. The van der Waals surface area contributed by atoms with E-state index in [-0.39, 0.29) is 5.91 Å². The number of hydrogen-bond acceptors (Lipinski definition) is 4. The van der Waals surface area contributed by atoms with Crippen molar-refractivity contribution in [3.63, 3.8) is 0 Å². The van der Waals surface area contributed by atoms with Crippen LogP contribution in [0, 0.1) is 12.8 Å². The predicted octanol–water partition coefficient (Wildman–Crippen LogP) is 3.97. The first-order chi connectivity index (χ1) is 12.0. The van der Waals surface area contributed by atoms with Gasteiger partial charge < -0.3 is 5.32 Å². The summed E-state index contributed by atoms with van der Waals surface area (Å²) in [5.74, 6) is 0.822. The van der Waals surface area contributed by atoms with Crippen LogP contribution in [0.4, 0.5) is 0 Å². The third-order valence-electron chi connectivity index (χ3n) is 4.99. The van der Waals surface area contributed by atoms with Crippen LogP contribution in [-0.2, 0) is 0 Å². The summed E-state index contributed by atoms with van der Waals surface area (Å²) in [5, 5.41) is 6.09. The predicted molar refractivity (Wildman–Crippen MR) is 104 cm³/mol. The molecule has 0 aliphatic carbocycles. The van der Waals surface area contributed by atoms with Gasteiger partial charge >= 0.3 is 0 Å². The van der Waals surface area contributed by atoms with E-state index in [4.69, 9.17) is 0 Å². The van der Waals surface area contributed by atoms with Gasteiger partial charge in [0.1, 0.15) is 5.01 Å². The topological polar surface area (TPSA) is 45.2 Å². The van der Waals surface area contributed by atoms with Crippen molar-refractivity contribution in [3.8, 4) is 10.6 Å². The van der Waals surface area contributed by atoms with Crippen LogP contribution in [0.3, 0.4) is 0 Å². The normalized spacial score (nSPS) is 17.4. The lowest BCUT2D eigenvalue weighted by Crippen LogP contribution is -2.45. The second-order valence-corrected chi connectivity index (χ2v) is 8.01. The van der Waals surface area contributed by atoms with Crippen molar-refractivity contribution in [2.24, 2.45) is 5.92 Å². The van der Waals surface area contributed by atoms with Gasteiger partial charge in [-0.3, -0.25) is 9.69 Å². The minimum atomic E-state index is -0.00708. The van der Waals surface area contributed by atoms with Crippen molar-refractivity contribution in [3.05, 3.63) is 40.9 Å². The monoisotopic (exact) mass is 357 g/mol. The van der Waals surface area contributed by atoms with E-state index in [2.05, 4.69) is 29.0 Å². The Bertz CT molecular complexity index is 719. The standard InChI is InChI=1S/C20H27N3OS/c1-14-7-9-23(10-8-14)16(3)12-21-19(24)17-5-4-6-18(11-17)20-22-15(2)13-25-20/h4-6,11,13-14,16H,7-10,12H2,1-3H3,(H,21,24). The van der Waals surface area contributed by atoms with Crippen LogP contribution in [-0.4, -0.2) is 41.5 Å². The first-order valence-electron chi connectivity index (χ1n) is 9.07. The molecule has 2 aromatic rings. The van der Waals surface area contributed by atoms with Gasteiger partial charge in [0.2, 0.25) is 0 Å². The first-order valence-corrected chi connectivity index (χ1v) is 9.95. The molecule has 3 rings (SSSR count). The van der Waals surface area contributed by atoms with Gasteiger partial charge in [-0.2, -0.15) is 0 Å². The van der Waals surface area contributed by atoms with Crippen molar-refractivity contribution >= 4 is 17.2 Å². The minimum absolute atomic E-state index is 0.00708. The molecule has 0 bridgehead atoms. The highest BCUT2D eigenvalue weighted by atomic mass is 32.1. The second kappa shape index (κ2) is 8.11. The van der Waals surface area contributed by atoms with E-state index >= 15 is 0 Å². The molecular formula is C20H27N3OS. The molecule has 134 valence electrons. The van der Waals surface area contributed by atoms with Gasteiger partial charge in [-0.1, -0.05) is 19.1 Å². The molecule has 1 amide bonds. The van der Waals surface area contributed by atoms with Crippen LogP contribution in [0.2, 0.25) is 0 Å². The van der Waals surface area contributed by atoms with Gasteiger partial charge in [-0.05, 0) is 57.8 Å². The van der Waals surface area contributed by atoms with Crippen molar-refractivity contribution in [1.82, 2.24) is 15.2 Å². The molecule has 1 saturated heterocycles. The Kier molecular flexibility index (Phi) is 5.86. The fourth-order valence-electron chi connectivity index (χ4n) is 3.22. The summed E-state index contributed by atoms with van der Waals surface area (Å²) in [5.41, 5.74) is 2.72. The van der Waals surface area contributed by atoms with Crippen molar-refractivity contribution < 1.29 is 4.79 Å². The molecule has 1 atom stereocenters. The molecule has 1 aromatic heterocycles. The molecule has 1 aliphatic rings. The number of thiazole rings is 1. The molecule has 1 N–H and O–H groups in total. The maximum Gasteiger partial charge on any atom is 0.251 e. The summed E-state index contributed by atoms with van der Waals surface area (Å²) in [6.45, 7) is 9.47. The molecule has 4 nitrogen and oxygen atoms in total. The summed E-state index contributed by atoms with van der Waals surface area (Å²) in [6.07, 6.45) is 2.52. The van der Waals surface area contributed by atoms with Crippen LogP contribution >= 0.6 is 11.3 Å². The Hall–Kier alpha value is -1.72. The van der Waals surface area contributed by atoms with Crippen LogP contribution in [0.5, 0.6) is 0 Å². The third-order valence-corrected chi connectivity index (χ3v) is 6.00. The zero-order valence-corrected chi connectivity index (χ0v) is 16.1. The average Bonchev–Trinajstić information content (AvgIpc) is 3.06. The molecule has 0 spiro atoms. The highest BCUT2D eigenvalue weighted by molar-refractivity contribution is 7.13. The fraction of sp³-hybridized carbons (Fsp3) is 0.500. The molecule has 1 fully saturated rings. The zero-order valence-electron chi connectivity index (χ0n) is 15.3. The SMILES string of the molecule is Cc1csc(-c2cccc(C(=O)NCC(C)N3CCC(C)CC3)c2)n1. The van der Waals surface area contributed by atoms with Crippen molar-refractivity contribution in [1.29, 1.82) is 0 Å². The van der Waals surface area contributed by atoms with E-state index in [9.17, 15) is 4.79 Å². The van der Waals surface area contributed by atoms with Crippen molar-refractivity contribution in [2.75, 3.05) is 19.6 Å². The highest BCUT2D eigenvalue weighted by Crippen LogP contribution is 2.24. The largest absolute Gasteiger partial charge is 0.350 e. The Balaban J connectivity index is 1.58. The number of nitrogens with one attached hydrogen (secondary N) is 1. The number of carbonyl (C=O) groups is 1. The van der Waals surface area contributed by atoms with E-state index in [1.54, 1.807) is 11.3 Å². The van der Waals surface area contributed by atoms with Crippen LogP contribution in [0.1, 0.15) is 42.7 Å². The Morgan fingerprint density at radius 3 is 2.84 bits per heavy atom. The smallest absolute Gasteiger partial charge is 0.251 e. The van der Waals surface area contributed by atoms with Gasteiger partial charge in [-0.25, -0.2) is 4.98 Å². The first kappa shape index (κ1) is 18.1. The summed E-state index contributed by atoms with van der Waals surface area (Å²) in [6, 6.07) is 8.11. The van der Waals surface area contributed by atoms with E-state index in [1.165, 1.54) is 12.8 Å². The molecule has 1 aromatic carbocycles. The molecule has 0 saturated carbocycles. The molecule has 5 heteroatoms. The second-order valence-electron chi connectivity index (χ2n) is 7.15. The van der Waals surface area contributed by atoms with E-state index in [0.717, 1.165) is 35.3 Å². The number of hydrogen-bond donors (Lipinski definition) is 1. The average molecular weight is 358 g/mol. The Morgan fingerprint density at radius 2 is 2.16 bits per heavy atom. The summed E-state index contributed by atoms with van der Waals surface area (Å²) in [7, 11) is 0. The van der Waals surface area contributed by atoms with E-state index in [0.29, 0.717) is 18.2 Å². The number of benzene rings is 1. The number of aromatic nitrogens is 1. The zero-order chi connectivity index (χ0) is 17.8. The van der Waals surface area contributed by atoms with Crippen molar-refractivity contribution in [2.45, 2.75) is 39.7 Å². The lowest BCUT2D eigenvalue weighted by molar-refractivity contribution is 0.0922. The number of nitrogens with zero attached hydrogens (tertiary/aromatic N) is 2. The molecule has 2 heterocycles. The molecule has 25 heavy (non-hydrogen) atoms. The number of aryl methyl sites for hydroxylation is 1. The van der Waals surface area contributed by atoms with Gasteiger partial charge in [0.15, 0.2) is 0 Å². The van der Waals surface area contributed by atoms with E-state index < -0.39 is 0 Å². The van der Waals surface area contributed by atoms with Crippen LogP contribution in [0.25, 0.3) is 10.6 Å². The minimum Gasteiger partial charge on any atom is -0.350 e. The fourth-order valence-corrected chi connectivity index (χ4v) is 4.02. The molecule has 1 unspecified atom stereocenters. The number of likely N-dealkylation sites (tertiary alicyclic amines) is 1. The van der Waals surface area contributed by atoms with Crippen LogP contribution in [0.15, 0.2) is 29.6 Å². The number of rotatable bonds is 5. The van der Waals surface area contributed by atoms with Gasteiger partial charge in [-0.15, -0.1) is 11.3 Å². The van der Waals surface area contributed by atoms with E-state index in [1.807, 2.05) is 36.6 Å². The highest BCUT2D eigenvalue weighted by Gasteiger charge is 2.20. The van der Waals surface area contributed by atoms with Gasteiger partial charge in [0, 0.05) is 34.8 Å². The maximum absolute atomic E-state index is 12.5. The Morgan fingerprint density at radius 1 is 1.40 bits per heavy atom. The van der Waals surface area contributed by atoms with Gasteiger partial charge in [0.05, 0.1) is 0 Å². The number of piperidine rings is 1. The lowest BCUT2D eigenvalue weighted by atomic mass is 9.98.